The van der Waals surface area contributed by atoms with Crippen molar-refractivity contribution in [1.82, 2.24) is 9.55 Å². The second kappa shape index (κ2) is 5.59. The van der Waals surface area contributed by atoms with Gasteiger partial charge >= 0.3 is 5.97 Å². The Labute approximate surface area is 142 Å². The molecule has 0 unspecified atom stereocenters. The van der Waals surface area contributed by atoms with Crippen LogP contribution in [-0.2, 0) is 11.8 Å². The maximum atomic E-state index is 11.7. The lowest BCUT2D eigenvalue weighted by Crippen LogP contribution is -2.03. The molecule has 6 heteroatoms. The fourth-order valence-electron chi connectivity index (χ4n) is 2.93. The Bertz CT molecular complexity index is 1140. The predicted octanol–water partition coefficient (Wildman–Crippen LogP) is 3.22. The van der Waals surface area contributed by atoms with Crippen molar-refractivity contribution in [2.24, 2.45) is 7.05 Å². The summed E-state index contributed by atoms with van der Waals surface area (Å²) in [6.45, 7) is 1.34. The molecule has 0 saturated carbocycles. The molecule has 0 atom stereocenters. The summed E-state index contributed by atoms with van der Waals surface area (Å²) in [7, 11) is 1.90. The van der Waals surface area contributed by atoms with Crippen LogP contribution in [0.25, 0.3) is 33.7 Å². The molecule has 1 aliphatic heterocycles. The van der Waals surface area contributed by atoms with Crippen LogP contribution in [0.1, 0.15) is 6.92 Å². The number of benzene rings is 2. The van der Waals surface area contributed by atoms with Gasteiger partial charge in [-0.15, -0.1) is 0 Å². The molecule has 2 heterocycles. The van der Waals surface area contributed by atoms with Gasteiger partial charge in [-0.2, -0.15) is 0 Å². The van der Waals surface area contributed by atoms with Gasteiger partial charge in [0.2, 0.25) is 0 Å². The predicted molar refractivity (Wildman–Crippen MR) is 92.6 cm³/mol. The van der Waals surface area contributed by atoms with Crippen LogP contribution in [0.15, 0.2) is 58.0 Å². The fourth-order valence-corrected chi connectivity index (χ4v) is 2.93. The van der Waals surface area contributed by atoms with Crippen molar-refractivity contribution in [3.63, 3.8) is 0 Å². The molecule has 25 heavy (non-hydrogen) atoms. The van der Waals surface area contributed by atoms with E-state index < -0.39 is 5.97 Å². The summed E-state index contributed by atoms with van der Waals surface area (Å²) in [6, 6.07) is 9.86. The van der Waals surface area contributed by atoms with E-state index in [0.29, 0.717) is 17.1 Å². The van der Waals surface area contributed by atoms with Gasteiger partial charge < -0.3 is 13.7 Å². The third kappa shape index (κ3) is 2.57. The molecular formula is C19H14N2O4. The van der Waals surface area contributed by atoms with Gasteiger partial charge in [-0.05, 0) is 24.3 Å². The van der Waals surface area contributed by atoms with Crippen molar-refractivity contribution in [2.75, 3.05) is 0 Å². The van der Waals surface area contributed by atoms with Crippen LogP contribution in [0.2, 0.25) is 0 Å². The first-order chi connectivity index (χ1) is 12.0. The summed E-state index contributed by atoms with van der Waals surface area (Å²) in [6.07, 6.45) is 3.57. The number of nitrogens with zero attached hydrogens (tertiary/aromatic N) is 2. The number of rotatable bonds is 2. The number of aryl methyl sites for hydroxylation is 1. The Morgan fingerprint density at radius 1 is 1.20 bits per heavy atom. The minimum Gasteiger partial charge on any atom is -0.456 e. The zero-order valence-corrected chi connectivity index (χ0v) is 13.6. The molecule has 0 spiro atoms. The Kier molecular flexibility index (Phi) is 3.39. The van der Waals surface area contributed by atoms with Crippen molar-refractivity contribution in [3.05, 3.63) is 59.0 Å². The summed E-state index contributed by atoms with van der Waals surface area (Å²) in [4.78, 5) is 27.4. The van der Waals surface area contributed by atoms with Crippen LogP contribution in [0, 0.1) is 0 Å². The third-order valence-electron chi connectivity index (χ3n) is 3.97. The number of esters is 1. The van der Waals surface area contributed by atoms with E-state index >= 15 is 0 Å². The van der Waals surface area contributed by atoms with Crippen molar-refractivity contribution in [3.8, 4) is 28.5 Å². The van der Waals surface area contributed by atoms with E-state index in [1.807, 2.05) is 23.9 Å². The molecular weight excluding hydrogens is 320 g/mol. The summed E-state index contributed by atoms with van der Waals surface area (Å²) in [5.74, 6) is 1.18. The van der Waals surface area contributed by atoms with E-state index in [-0.39, 0.29) is 5.43 Å². The van der Waals surface area contributed by atoms with Gasteiger partial charge in [-0.3, -0.25) is 9.59 Å². The van der Waals surface area contributed by atoms with E-state index in [0.717, 1.165) is 22.3 Å². The lowest BCUT2D eigenvalue weighted by Gasteiger charge is -2.15. The highest BCUT2D eigenvalue weighted by Gasteiger charge is 2.20. The van der Waals surface area contributed by atoms with Crippen LogP contribution in [-0.4, -0.2) is 15.5 Å². The highest BCUT2D eigenvalue weighted by molar-refractivity contribution is 6.00. The Hall–Kier alpha value is -3.41. The van der Waals surface area contributed by atoms with Crippen LogP contribution in [0.3, 0.4) is 0 Å². The van der Waals surface area contributed by atoms with Crippen LogP contribution < -0.4 is 10.2 Å². The van der Waals surface area contributed by atoms with Crippen LogP contribution >= 0.6 is 0 Å². The molecule has 2 aliphatic rings. The monoisotopic (exact) mass is 334 g/mol. The molecule has 6 nitrogen and oxygen atoms in total. The first-order valence-electron chi connectivity index (χ1n) is 7.69. The number of aromatic nitrogens is 2. The van der Waals surface area contributed by atoms with E-state index in [4.69, 9.17) is 9.15 Å². The zero-order chi connectivity index (χ0) is 17.6. The molecule has 0 N–H and O–H groups in total. The second-order valence-corrected chi connectivity index (χ2v) is 5.75. The average molecular weight is 334 g/mol. The largest absolute Gasteiger partial charge is 0.456 e. The molecule has 4 rings (SSSR count). The lowest BCUT2D eigenvalue weighted by atomic mass is 9.99. The smallest absolute Gasteiger partial charge is 0.308 e. The number of fused-ring (bicyclic) bond motifs is 2. The third-order valence-corrected chi connectivity index (χ3v) is 3.97. The molecule has 1 aromatic carbocycles. The number of hydrogen-bond donors (Lipinski definition) is 0. The molecule has 0 saturated heterocycles. The number of imidazole rings is 1. The van der Waals surface area contributed by atoms with E-state index in [1.54, 1.807) is 24.4 Å². The van der Waals surface area contributed by atoms with Crippen molar-refractivity contribution < 1.29 is 13.9 Å². The first-order valence-corrected chi connectivity index (χ1v) is 7.69. The highest BCUT2D eigenvalue weighted by Crippen LogP contribution is 2.39. The minimum atomic E-state index is -0.411. The van der Waals surface area contributed by atoms with Gasteiger partial charge in [0.1, 0.15) is 22.9 Å². The fraction of sp³-hybridized carbons (Fsp3) is 0.105. The summed E-state index contributed by atoms with van der Waals surface area (Å²) in [5, 5.41) is 0.816. The molecule has 0 amide bonds. The quantitative estimate of drug-likeness (QED) is 0.320. The Morgan fingerprint density at radius 2 is 2.04 bits per heavy atom. The molecule has 0 bridgehead atoms. The van der Waals surface area contributed by atoms with Crippen molar-refractivity contribution in [2.45, 2.75) is 6.92 Å². The Balaban J connectivity index is 2.10. The topological polar surface area (TPSA) is 74.3 Å². The molecule has 124 valence electrons. The number of carbonyl (C=O) groups is 1. The Morgan fingerprint density at radius 3 is 2.76 bits per heavy atom. The van der Waals surface area contributed by atoms with E-state index in [1.165, 1.54) is 19.1 Å². The minimum absolute atomic E-state index is 0.141. The maximum Gasteiger partial charge on any atom is 0.308 e. The number of ether oxygens (including phenoxy) is 1. The zero-order valence-electron chi connectivity index (χ0n) is 13.6. The van der Waals surface area contributed by atoms with Gasteiger partial charge in [0, 0.05) is 55.0 Å². The molecule has 2 aromatic rings. The van der Waals surface area contributed by atoms with Crippen molar-refractivity contribution in [1.29, 1.82) is 0 Å². The highest BCUT2D eigenvalue weighted by atomic mass is 16.5. The lowest BCUT2D eigenvalue weighted by molar-refractivity contribution is -0.131. The molecule has 0 fully saturated rings. The van der Waals surface area contributed by atoms with Gasteiger partial charge in [0.25, 0.3) is 0 Å². The number of hydrogen-bond acceptors (Lipinski definition) is 5. The standard InChI is InChI=1S/C19H14N2O4/c1-11(22)24-13-4-6-15-17(10-13)25-16-9-12(23)3-5-14(16)18(15)19-20-7-8-21(19)2/h3-10H,1-2H3. The first kappa shape index (κ1) is 15.1. The van der Waals surface area contributed by atoms with Crippen LogP contribution in [0.5, 0.6) is 5.75 Å². The SMILES string of the molecule is CC(=O)Oc1ccc2c(-c3nccn3C)c3ccc(=O)cc-3oc2c1. The van der Waals surface area contributed by atoms with E-state index in [9.17, 15) is 9.59 Å². The van der Waals surface area contributed by atoms with E-state index in [2.05, 4.69) is 4.98 Å². The molecule has 1 aromatic heterocycles. The second-order valence-electron chi connectivity index (χ2n) is 5.75. The van der Waals surface area contributed by atoms with Crippen LogP contribution in [0.4, 0.5) is 0 Å². The van der Waals surface area contributed by atoms with Gasteiger partial charge in [0.05, 0.1) is 0 Å². The van der Waals surface area contributed by atoms with Gasteiger partial charge in [0.15, 0.2) is 5.43 Å². The maximum absolute atomic E-state index is 11.7. The number of carbonyl (C=O) groups excluding carboxylic acids is 1. The summed E-state index contributed by atoms with van der Waals surface area (Å²) >= 11 is 0. The van der Waals surface area contributed by atoms with Gasteiger partial charge in [-0.25, -0.2) is 4.98 Å². The molecule has 1 aliphatic carbocycles. The normalized spacial score (nSPS) is 11.1. The van der Waals surface area contributed by atoms with Crippen molar-refractivity contribution >= 4 is 16.9 Å². The summed E-state index contributed by atoms with van der Waals surface area (Å²) < 4.78 is 12.9. The summed E-state index contributed by atoms with van der Waals surface area (Å²) in [5.41, 5.74) is 2.02. The molecule has 0 radical (unpaired) electrons. The van der Waals surface area contributed by atoms with Gasteiger partial charge in [-0.1, -0.05) is 0 Å². The average Bonchev–Trinajstić information content (AvgIpc) is 2.97.